The molecular formula is C14H22N2O2. The summed E-state index contributed by atoms with van der Waals surface area (Å²) in [7, 11) is 0. The van der Waals surface area contributed by atoms with Crippen molar-refractivity contribution in [2.45, 2.75) is 19.9 Å². The maximum atomic E-state index is 5.86. The van der Waals surface area contributed by atoms with E-state index >= 15 is 0 Å². The number of nitrogen functional groups attached to an aromatic ring is 1. The minimum absolute atomic E-state index is 0.681. The molecule has 1 heterocycles. The van der Waals surface area contributed by atoms with Crippen LogP contribution in [0.1, 0.15) is 18.9 Å². The summed E-state index contributed by atoms with van der Waals surface area (Å²) >= 11 is 0. The number of benzene rings is 1. The van der Waals surface area contributed by atoms with E-state index in [0.29, 0.717) is 6.61 Å². The molecular weight excluding hydrogens is 228 g/mol. The first-order chi connectivity index (χ1) is 8.79. The summed E-state index contributed by atoms with van der Waals surface area (Å²) in [6, 6.07) is 5.86. The fourth-order valence-electron chi connectivity index (χ4n) is 2.22. The van der Waals surface area contributed by atoms with Gasteiger partial charge in [-0.1, -0.05) is 0 Å². The van der Waals surface area contributed by atoms with Crippen molar-refractivity contribution in [3.05, 3.63) is 23.8 Å². The van der Waals surface area contributed by atoms with Crippen LogP contribution in [0.25, 0.3) is 0 Å². The zero-order valence-corrected chi connectivity index (χ0v) is 11.0. The molecule has 0 amide bonds. The predicted molar refractivity (Wildman–Crippen MR) is 72.7 cm³/mol. The summed E-state index contributed by atoms with van der Waals surface area (Å²) in [6.45, 7) is 7.28. The number of ether oxygens (including phenoxy) is 2. The second-order valence-corrected chi connectivity index (χ2v) is 4.54. The molecule has 100 valence electrons. The van der Waals surface area contributed by atoms with Gasteiger partial charge >= 0.3 is 0 Å². The Kier molecular flexibility index (Phi) is 4.84. The maximum Gasteiger partial charge on any atom is 0.123 e. The van der Waals surface area contributed by atoms with Crippen LogP contribution in [0.4, 0.5) is 5.69 Å². The lowest BCUT2D eigenvalue weighted by Crippen LogP contribution is -2.26. The van der Waals surface area contributed by atoms with Gasteiger partial charge < -0.3 is 15.2 Å². The van der Waals surface area contributed by atoms with Gasteiger partial charge in [0.1, 0.15) is 5.75 Å². The molecule has 1 aromatic rings. The molecule has 4 heteroatoms. The number of anilines is 1. The van der Waals surface area contributed by atoms with Gasteiger partial charge in [0, 0.05) is 37.5 Å². The Bertz CT molecular complexity index is 374. The summed E-state index contributed by atoms with van der Waals surface area (Å²) < 4.78 is 11.1. The first kappa shape index (κ1) is 13.2. The highest BCUT2D eigenvalue weighted by molar-refractivity contribution is 5.47. The molecule has 0 spiro atoms. The monoisotopic (exact) mass is 250 g/mol. The molecule has 2 N–H and O–H groups in total. The van der Waals surface area contributed by atoms with Crippen molar-refractivity contribution in [2.24, 2.45) is 0 Å². The quantitative estimate of drug-likeness (QED) is 0.829. The Labute approximate surface area is 109 Å². The Hall–Kier alpha value is -1.26. The third-order valence-electron chi connectivity index (χ3n) is 3.09. The number of hydrogen-bond acceptors (Lipinski definition) is 4. The normalized spacial score (nSPS) is 17.4. The fraction of sp³-hybridized carbons (Fsp3) is 0.571. The van der Waals surface area contributed by atoms with Gasteiger partial charge in [-0.3, -0.25) is 4.90 Å². The number of nitrogens with two attached hydrogens (primary N) is 1. The van der Waals surface area contributed by atoms with Crippen molar-refractivity contribution in [1.29, 1.82) is 0 Å². The van der Waals surface area contributed by atoms with Crippen LogP contribution in [0.2, 0.25) is 0 Å². The Morgan fingerprint density at radius 1 is 1.33 bits per heavy atom. The van der Waals surface area contributed by atoms with Crippen LogP contribution in [0, 0.1) is 0 Å². The van der Waals surface area contributed by atoms with Gasteiger partial charge in [-0.25, -0.2) is 0 Å². The molecule has 4 nitrogen and oxygen atoms in total. The Balaban J connectivity index is 2.08. The third-order valence-corrected chi connectivity index (χ3v) is 3.09. The molecule has 0 saturated carbocycles. The molecule has 0 aliphatic carbocycles. The number of hydrogen-bond donors (Lipinski definition) is 1. The van der Waals surface area contributed by atoms with Crippen molar-refractivity contribution in [1.82, 2.24) is 4.90 Å². The van der Waals surface area contributed by atoms with E-state index < -0.39 is 0 Å². The van der Waals surface area contributed by atoms with E-state index in [1.54, 1.807) is 0 Å². The molecule has 1 fully saturated rings. The topological polar surface area (TPSA) is 47.7 Å². The van der Waals surface area contributed by atoms with Crippen molar-refractivity contribution >= 4 is 5.69 Å². The molecule has 1 aliphatic rings. The number of nitrogens with zero attached hydrogens (tertiary/aromatic N) is 1. The van der Waals surface area contributed by atoms with Gasteiger partial charge in [0.2, 0.25) is 0 Å². The predicted octanol–water partition coefficient (Wildman–Crippen LogP) is 1.89. The molecule has 1 aromatic carbocycles. The van der Waals surface area contributed by atoms with E-state index in [0.717, 1.165) is 50.7 Å². The average Bonchev–Trinajstić information content (AvgIpc) is 2.61. The van der Waals surface area contributed by atoms with Crippen LogP contribution < -0.4 is 10.5 Å². The van der Waals surface area contributed by atoms with Crippen LogP contribution in [-0.4, -0.2) is 37.8 Å². The van der Waals surface area contributed by atoms with E-state index in [9.17, 15) is 0 Å². The third kappa shape index (κ3) is 3.62. The van der Waals surface area contributed by atoms with Gasteiger partial charge in [0.25, 0.3) is 0 Å². The van der Waals surface area contributed by atoms with Gasteiger partial charge in [-0.2, -0.15) is 0 Å². The van der Waals surface area contributed by atoms with Crippen LogP contribution in [0.5, 0.6) is 5.75 Å². The zero-order chi connectivity index (χ0) is 12.8. The van der Waals surface area contributed by atoms with E-state index in [1.807, 2.05) is 25.1 Å². The summed E-state index contributed by atoms with van der Waals surface area (Å²) in [5, 5.41) is 0. The molecule has 1 aliphatic heterocycles. The van der Waals surface area contributed by atoms with E-state index in [1.165, 1.54) is 5.56 Å². The highest BCUT2D eigenvalue weighted by Crippen LogP contribution is 2.23. The minimum Gasteiger partial charge on any atom is -0.494 e. The van der Waals surface area contributed by atoms with E-state index in [-0.39, 0.29) is 0 Å². The van der Waals surface area contributed by atoms with Crippen molar-refractivity contribution in [2.75, 3.05) is 38.6 Å². The maximum absolute atomic E-state index is 5.86. The Morgan fingerprint density at radius 3 is 3.06 bits per heavy atom. The lowest BCUT2D eigenvalue weighted by atomic mass is 10.1. The lowest BCUT2D eigenvalue weighted by Gasteiger charge is -2.21. The summed E-state index contributed by atoms with van der Waals surface area (Å²) in [4.78, 5) is 2.39. The molecule has 0 radical (unpaired) electrons. The highest BCUT2D eigenvalue weighted by Gasteiger charge is 2.12. The van der Waals surface area contributed by atoms with Crippen molar-refractivity contribution in [3.63, 3.8) is 0 Å². The standard InChI is InChI=1S/C14H22N2O2/c1-2-18-14-5-4-13(15)10-12(14)11-16-6-3-8-17-9-7-16/h4-5,10H,2-3,6-9,11,15H2,1H3. The van der Waals surface area contributed by atoms with E-state index in [4.69, 9.17) is 15.2 Å². The van der Waals surface area contributed by atoms with Crippen molar-refractivity contribution < 1.29 is 9.47 Å². The average molecular weight is 250 g/mol. The summed E-state index contributed by atoms with van der Waals surface area (Å²) in [5.74, 6) is 0.942. The summed E-state index contributed by atoms with van der Waals surface area (Å²) in [5.41, 5.74) is 7.82. The lowest BCUT2D eigenvalue weighted by molar-refractivity contribution is 0.140. The van der Waals surface area contributed by atoms with Crippen LogP contribution >= 0.6 is 0 Å². The summed E-state index contributed by atoms with van der Waals surface area (Å²) in [6.07, 6.45) is 1.09. The van der Waals surface area contributed by atoms with Gasteiger partial charge in [-0.05, 0) is 31.5 Å². The SMILES string of the molecule is CCOc1ccc(N)cc1CN1CCCOCC1. The first-order valence-corrected chi connectivity index (χ1v) is 6.61. The van der Waals surface area contributed by atoms with Crippen LogP contribution in [0.15, 0.2) is 18.2 Å². The highest BCUT2D eigenvalue weighted by atomic mass is 16.5. The molecule has 0 bridgehead atoms. The van der Waals surface area contributed by atoms with Gasteiger partial charge in [-0.15, -0.1) is 0 Å². The molecule has 1 saturated heterocycles. The second kappa shape index (κ2) is 6.61. The minimum atomic E-state index is 0.681. The van der Waals surface area contributed by atoms with Crippen molar-refractivity contribution in [3.8, 4) is 5.75 Å². The zero-order valence-electron chi connectivity index (χ0n) is 11.0. The second-order valence-electron chi connectivity index (χ2n) is 4.54. The van der Waals surface area contributed by atoms with Crippen LogP contribution in [0.3, 0.4) is 0 Å². The largest absolute Gasteiger partial charge is 0.494 e. The molecule has 0 aromatic heterocycles. The smallest absolute Gasteiger partial charge is 0.123 e. The molecule has 0 atom stereocenters. The first-order valence-electron chi connectivity index (χ1n) is 6.61. The number of rotatable bonds is 4. The van der Waals surface area contributed by atoms with E-state index in [2.05, 4.69) is 4.90 Å². The Morgan fingerprint density at radius 2 is 2.22 bits per heavy atom. The fourth-order valence-corrected chi connectivity index (χ4v) is 2.22. The molecule has 18 heavy (non-hydrogen) atoms. The van der Waals surface area contributed by atoms with Crippen LogP contribution in [-0.2, 0) is 11.3 Å². The molecule has 0 unspecified atom stereocenters. The van der Waals surface area contributed by atoms with Gasteiger partial charge in [0.15, 0.2) is 0 Å². The molecule has 2 rings (SSSR count). The van der Waals surface area contributed by atoms with Gasteiger partial charge in [0.05, 0.1) is 13.2 Å².